The number of nitrogens with zero attached hydrogens (tertiary/aromatic N) is 1. The highest BCUT2D eigenvalue weighted by atomic mass is 35.5. The summed E-state index contributed by atoms with van der Waals surface area (Å²) in [5.41, 5.74) is 1.44. The maximum atomic E-state index is 12.3. The second-order valence-corrected chi connectivity index (χ2v) is 9.78. The number of nitrogens with one attached hydrogen (secondary N) is 1. The highest BCUT2D eigenvalue weighted by Crippen LogP contribution is 2.40. The molecule has 6 nitrogen and oxygen atoms in total. The Kier molecular flexibility index (Phi) is 4.75. The van der Waals surface area contributed by atoms with Gasteiger partial charge in [-0.1, -0.05) is 24.4 Å². The van der Waals surface area contributed by atoms with Gasteiger partial charge < -0.3 is 14.3 Å². The van der Waals surface area contributed by atoms with E-state index in [0.717, 1.165) is 12.3 Å². The van der Waals surface area contributed by atoms with E-state index < -0.39 is 9.84 Å². The van der Waals surface area contributed by atoms with E-state index in [1.165, 1.54) is 25.3 Å². The Labute approximate surface area is 168 Å². The first-order valence-electron chi connectivity index (χ1n) is 9.09. The molecule has 1 aromatic carbocycles. The Balaban J connectivity index is 1.90. The molecule has 0 unspecified atom stereocenters. The molecule has 0 saturated heterocycles. The fraction of sp³-hybridized carbons (Fsp3) is 0.350. The summed E-state index contributed by atoms with van der Waals surface area (Å²) in [5.74, 6) is 1.31. The van der Waals surface area contributed by atoms with E-state index in [4.69, 9.17) is 16.3 Å². The lowest BCUT2D eigenvalue weighted by Crippen LogP contribution is -2.08. The van der Waals surface area contributed by atoms with E-state index in [9.17, 15) is 13.2 Å². The van der Waals surface area contributed by atoms with Gasteiger partial charge in [0.1, 0.15) is 11.3 Å². The fourth-order valence-corrected chi connectivity index (χ4v) is 4.33. The molecule has 2 aromatic heterocycles. The molecule has 1 fully saturated rings. The second-order valence-electron chi connectivity index (χ2n) is 7.35. The van der Waals surface area contributed by atoms with Crippen molar-refractivity contribution in [3.63, 3.8) is 0 Å². The van der Waals surface area contributed by atoms with Gasteiger partial charge >= 0.3 is 0 Å². The van der Waals surface area contributed by atoms with Crippen molar-refractivity contribution < 1.29 is 13.2 Å². The third-order valence-corrected chi connectivity index (χ3v) is 6.52. The van der Waals surface area contributed by atoms with E-state index in [0.29, 0.717) is 39.4 Å². The minimum absolute atomic E-state index is 0.190. The van der Waals surface area contributed by atoms with Crippen LogP contribution in [-0.2, 0) is 16.9 Å². The fourth-order valence-electron chi connectivity index (χ4n) is 3.43. The molecule has 0 spiro atoms. The number of pyridine rings is 1. The second kappa shape index (κ2) is 6.97. The zero-order valence-electron chi connectivity index (χ0n) is 15.7. The van der Waals surface area contributed by atoms with Crippen LogP contribution in [0, 0.1) is 5.92 Å². The van der Waals surface area contributed by atoms with Crippen molar-refractivity contribution in [1.82, 2.24) is 9.55 Å². The number of hydrogen-bond donors (Lipinski definition) is 1. The summed E-state index contributed by atoms with van der Waals surface area (Å²) in [6.45, 7) is 0.564. The van der Waals surface area contributed by atoms with Gasteiger partial charge in [0, 0.05) is 42.2 Å². The number of fused-ring (bicyclic) bond motifs is 1. The molecule has 1 N–H and O–H groups in total. The summed E-state index contributed by atoms with van der Waals surface area (Å²) in [6, 6.07) is 4.82. The average molecular weight is 421 g/mol. The molecular formula is C20H21ClN2O4S. The first-order chi connectivity index (χ1) is 13.3. The number of rotatable bonds is 6. The highest BCUT2D eigenvalue weighted by molar-refractivity contribution is 7.90. The van der Waals surface area contributed by atoms with Crippen molar-refractivity contribution in [3.05, 3.63) is 46.0 Å². The molecule has 4 rings (SSSR count). The Morgan fingerprint density at radius 2 is 2.04 bits per heavy atom. The molecular weight excluding hydrogens is 400 g/mol. The average Bonchev–Trinajstić information content (AvgIpc) is 3.38. The van der Waals surface area contributed by atoms with Crippen LogP contribution >= 0.6 is 11.6 Å². The largest absolute Gasteiger partial charge is 0.493 e. The third kappa shape index (κ3) is 3.56. The first kappa shape index (κ1) is 19.1. The van der Waals surface area contributed by atoms with E-state index >= 15 is 0 Å². The van der Waals surface area contributed by atoms with Crippen LogP contribution in [0.15, 0.2) is 40.3 Å². The summed E-state index contributed by atoms with van der Waals surface area (Å²) in [5, 5.41) is 0.962. The van der Waals surface area contributed by atoms with Gasteiger partial charge in [0.05, 0.1) is 16.5 Å². The van der Waals surface area contributed by atoms with E-state index in [-0.39, 0.29) is 10.5 Å². The number of sulfone groups is 1. The van der Waals surface area contributed by atoms with Crippen LogP contribution in [-0.4, -0.2) is 30.8 Å². The standard InChI is InChI=1S/C20H21ClN2O4S/c1-23-11-15(18-16(21)10-22-20(24)19(18)23)14-9-13(28(2,25)26)5-6-17(14)27-8-7-12-3-4-12/h5-6,9-12H,3-4,7-8H2,1-2H3,(H,22,24). The van der Waals surface area contributed by atoms with Crippen LogP contribution in [0.4, 0.5) is 0 Å². The maximum absolute atomic E-state index is 12.3. The Bertz CT molecular complexity index is 1220. The minimum Gasteiger partial charge on any atom is -0.493 e. The number of halogens is 1. The van der Waals surface area contributed by atoms with Gasteiger partial charge in [-0.2, -0.15) is 0 Å². The van der Waals surface area contributed by atoms with Crippen LogP contribution in [0.2, 0.25) is 5.02 Å². The normalized spacial score (nSPS) is 14.5. The van der Waals surface area contributed by atoms with Gasteiger partial charge in [-0.25, -0.2) is 8.42 Å². The first-order valence-corrected chi connectivity index (χ1v) is 11.4. The highest BCUT2D eigenvalue weighted by Gasteiger charge is 2.23. The molecule has 1 saturated carbocycles. The smallest absolute Gasteiger partial charge is 0.272 e. The topological polar surface area (TPSA) is 81.2 Å². The lowest BCUT2D eigenvalue weighted by atomic mass is 10.0. The summed E-state index contributed by atoms with van der Waals surface area (Å²) in [4.78, 5) is 15.1. The minimum atomic E-state index is -3.40. The van der Waals surface area contributed by atoms with Crippen molar-refractivity contribution in [1.29, 1.82) is 0 Å². The number of ether oxygens (including phenoxy) is 1. The van der Waals surface area contributed by atoms with Gasteiger partial charge in [-0.05, 0) is 30.5 Å². The monoisotopic (exact) mass is 420 g/mol. The zero-order valence-corrected chi connectivity index (χ0v) is 17.2. The Hall–Kier alpha value is -2.25. The Morgan fingerprint density at radius 1 is 1.29 bits per heavy atom. The number of benzene rings is 1. The predicted octanol–water partition coefficient (Wildman–Crippen LogP) is 3.77. The molecule has 1 aliphatic carbocycles. The number of aromatic nitrogens is 2. The van der Waals surface area contributed by atoms with Crippen LogP contribution in [0.3, 0.4) is 0 Å². The molecule has 2 heterocycles. The number of H-pyrrole nitrogens is 1. The number of aromatic amines is 1. The van der Waals surface area contributed by atoms with Gasteiger partial charge in [0.25, 0.3) is 5.56 Å². The van der Waals surface area contributed by atoms with Gasteiger partial charge in [0.2, 0.25) is 0 Å². The summed E-state index contributed by atoms with van der Waals surface area (Å²) < 4.78 is 31.9. The summed E-state index contributed by atoms with van der Waals surface area (Å²) >= 11 is 6.39. The molecule has 0 amide bonds. The van der Waals surface area contributed by atoms with Crippen LogP contribution in [0.25, 0.3) is 22.0 Å². The summed E-state index contributed by atoms with van der Waals surface area (Å²) in [6.07, 6.45) is 7.85. The molecule has 3 aromatic rings. The maximum Gasteiger partial charge on any atom is 0.272 e. The lowest BCUT2D eigenvalue weighted by Gasteiger charge is -2.13. The van der Waals surface area contributed by atoms with Crippen LogP contribution in [0.1, 0.15) is 19.3 Å². The SMILES string of the molecule is Cn1cc(-c2cc(S(C)(=O)=O)ccc2OCCC2CC2)c2c(Cl)c[nH]c(=O)c21. The molecule has 1 aliphatic rings. The molecule has 0 aliphatic heterocycles. The molecule has 0 bridgehead atoms. The van der Waals surface area contributed by atoms with Crippen molar-refractivity contribution in [2.24, 2.45) is 13.0 Å². The summed E-state index contributed by atoms with van der Waals surface area (Å²) in [7, 11) is -1.65. The molecule has 148 valence electrons. The van der Waals surface area contributed by atoms with E-state index in [1.54, 1.807) is 36.0 Å². The third-order valence-electron chi connectivity index (χ3n) is 5.12. The van der Waals surface area contributed by atoms with Gasteiger partial charge in [-0.15, -0.1) is 0 Å². The van der Waals surface area contributed by atoms with Crippen molar-refractivity contribution >= 4 is 32.3 Å². The Morgan fingerprint density at radius 3 is 2.71 bits per heavy atom. The number of aryl methyl sites for hydroxylation is 1. The quantitative estimate of drug-likeness (QED) is 0.658. The van der Waals surface area contributed by atoms with Crippen molar-refractivity contribution in [3.8, 4) is 16.9 Å². The zero-order chi connectivity index (χ0) is 20.1. The number of hydrogen-bond acceptors (Lipinski definition) is 4. The van der Waals surface area contributed by atoms with Gasteiger partial charge in [0.15, 0.2) is 9.84 Å². The molecule has 0 radical (unpaired) electrons. The lowest BCUT2D eigenvalue weighted by molar-refractivity contribution is 0.303. The van der Waals surface area contributed by atoms with Gasteiger partial charge in [-0.3, -0.25) is 4.79 Å². The molecule has 0 atom stereocenters. The van der Waals surface area contributed by atoms with Crippen LogP contribution < -0.4 is 10.3 Å². The molecule has 28 heavy (non-hydrogen) atoms. The van der Waals surface area contributed by atoms with Crippen LogP contribution in [0.5, 0.6) is 5.75 Å². The van der Waals surface area contributed by atoms with Crippen molar-refractivity contribution in [2.75, 3.05) is 12.9 Å². The van der Waals surface area contributed by atoms with Crippen molar-refractivity contribution in [2.45, 2.75) is 24.2 Å². The van der Waals surface area contributed by atoms with E-state index in [2.05, 4.69) is 4.98 Å². The van der Waals surface area contributed by atoms with E-state index in [1.807, 2.05) is 0 Å². The molecule has 8 heteroatoms. The predicted molar refractivity (Wildman–Crippen MR) is 110 cm³/mol.